The summed E-state index contributed by atoms with van der Waals surface area (Å²) in [5.41, 5.74) is 0.963. The van der Waals surface area contributed by atoms with Crippen molar-refractivity contribution in [3.63, 3.8) is 0 Å². The Bertz CT molecular complexity index is 1550. The summed E-state index contributed by atoms with van der Waals surface area (Å²) in [4.78, 5) is 56.6. The molecule has 13 heteroatoms. The van der Waals surface area contributed by atoms with E-state index in [2.05, 4.69) is 10.2 Å². The van der Waals surface area contributed by atoms with Gasteiger partial charge in [-0.25, -0.2) is 0 Å². The predicted octanol–water partition coefficient (Wildman–Crippen LogP) is 0.606. The molecule has 8 N–H and O–H groups in total. The minimum Gasteiger partial charge on any atom is -0.510 e. The summed E-state index contributed by atoms with van der Waals surface area (Å²) in [6, 6.07) is 1.92. The van der Waals surface area contributed by atoms with Crippen LogP contribution in [0.2, 0.25) is 0 Å². The number of nitrogens with two attached hydrogens (primary N) is 1. The maximum Gasteiger partial charge on any atom is 0.255 e. The number of carbonyl (C=O) groups excluding carboxylic acids is 4. The maximum absolute atomic E-state index is 14.1. The van der Waals surface area contributed by atoms with Gasteiger partial charge in [0.1, 0.15) is 17.1 Å². The molecule has 6 rings (SSSR count). The first kappa shape index (κ1) is 30.3. The van der Waals surface area contributed by atoms with Crippen LogP contribution in [0.25, 0.3) is 0 Å². The molecule has 5 aliphatic rings. The molecule has 2 amide bonds. The van der Waals surface area contributed by atoms with E-state index in [1.54, 1.807) is 19.9 Å². The second-order valence-electron chi connectivity index (χ2n) is 13.1. The number of likely N-dealkylation sites (N-methyl/N-ethyl adjacent to an activating group) is 1. The minimum atomic E-state index is -2.99. The molecule has 0 heterocycles. The monoisotopic (exact) mass is 610 g/mol. The largest absolute Gasteiger partial charge is 0.510 e. The first-order chi connectivity index (χ1) is 20.6. The smallest absolute Gasteiger partial charge is 0.255 e. The highest BCUT2D eigenvalue weighted by Gasteiger charge is 2.67. The number of benzene rings is 1. The van der Waals surface area contributed by atoms with Crippen molar-refractivity contribution in [3.8, 4) is 5.75 Å². The van der Waals surface area contributed by atoms with Crippen LogP contribution in [0.5, 0.6) is 5.75 Å². The van der Waals surface area contributed by atoms with Gasteiger partial charge in [-0.3, -0.25) is 29.0 Å². The van der Waals surface area contributed by atoms with Crippen LogP contribution in [-0.2, 0) is 14.4 Å². The number of fused-ring (bicyclic) bond motifs is 3. The normalized spacial score (nSPS) is 32.4. The number of aliphatic hydroxyl groups is 4. The molecule has 2 fully saturated rings. The van der Waals surface area contributed by atoms with Crippen LogP contribution in [0, 0.1) is 11.8 Å². The molecule has 44 heavy (non-hydrogen) atoms. The Balaban J connectivity index is 1.42. The molecule has 1 aromatic carbocycles. The van der Waals surface area contributed by atoms with Gasteiger partial charge in [0.2, 0.25) is 11.7 Å². The molecular weight excluding hydrogens is 572 g/mol. The van der Waals surface area contributed by atoms with E-state index < -0.39 is 87.4 Å². The Labute approximate surface area is 253 Å². The van der Waals surface area contributed by atoms with Crippen molar-refractivity contribution in [2.75, 3.05) is 19.4 Å². The fourth-order valence-electron chi connectivity index (χ4n) is 7.77. The van der Waals surface area contributed by atoms with Crippen molar-refractivity contribution < 1.29 is 44.7 Å². The number of nitrogens with one attached hydrogen (secondary N) is 1. The summed E-state index contributed by atoms with van der Waals surface area (Å²) < 4.78 is 0. The molecule has 236 valence electrons. The van der Waals surface area contributed by atoms with Gasteiger partial charge in [0.05, 0.1) is 35.4 Å². The van der Waals surface area contributed by atoms with E-state index in [0.717, 1.165) is 25.7 Å². The number of carbonyl (C=O) groups is 4. The second-order valence-corrected chi connectivity index (χ2v) is 13.1. The van der Waals surface area contributed by atoms with Crippen LogP contribution >= 0.6 is 0 Å². The van der Waals surface area contributed by atoms with Crippen LogP contribution in [0.3, 0.4) is 0 Å². The summed E-state index contributed by atoms with van der Waals surface area (Å²) in [6.07, 6.45) is 2.42. The Hall–Kier alpha value is -3.78. The second kappa shape index (κ2) is 10.1. The van der Waals surface area contributed by atoms with Crippen molar-refractivity contribution in [2.45, 2.75) is 81.3 Å². The Morgan fingerprint density at radius 2 is 1.66 bits per heavy atom. The standard InChI is InChI=1S/C31H38N4O9/c1-11-15-9-10-16(33-30(43)12(2)35(13-5-6-13)14-7-8-14)23(36)18(15)24(37)19-17(11)25(38)21-22(34(3)4)26(39)20(29(32)42)28(41)31(21,44)27(19)40/h9-14,17,21-22,25,36,38-40,44H,5-8H2,1-4H3,(H2,32,42)(H,33,43)/t11?,12?,17?,21?,22-,25?,31-/m0/s1. The molecule has 7 atom stereocenters. The van der Waals surface area contributed by atoms with Crippen LogP contribution in [0.15, 0.2) is 34.8 Å². The lowest BCUT2D eigenvalue weighted by Gasteiger charge is -2.53. The Morgan fingerprint density at radius 1 is 1.07 bits per heavy atom. The van der Waals surface area contributed by atoms with Crippen LogP contribution in [0.1, 0.15) is 61.4 Å². The number of aromatic hydroxyl groups is 1. The number of primary amides is 1. The topological polar surface area (TPSA) is 214 Å². The molecular formula is C31H38N4O9. The highest BCUT2D eigenvalue weighted by Crippen LogP contribution is 2.56. The highest BCUT2D eigenvalue weighted by atomic mass is 16.4. The number of rotatable bonds is 7. The van der Waals surface area contributed by atoms with E-state index in [1.165, 1.54) is 25.1 Å². The first-order valence-corrected chi connectivity index (χ1v) is 14.9. The number of nitrogens with zero attached hydrogens (tertiary/aromatic N) is 2. The summed E-state index contributed by atoms with van der Waals surface area (Å²) in [6.45, 7) is 3.46. The molecule has 0 radical (unpaired) electrons. The van der Waals surface area contributed by atoms with Gasteiger partial charge < -0.3 is 36.6 Å². The van der Waals surface area contributed by atoms with E-state index >= 15 is 0 Å². The SMILES string of the molecule is CC1c2ccc(NC(=O)C(C)N(C3CC3)C3CC3)c(O)c2C(=O)C2=C(O)[C@]3(O)C(=O)C(C(N)=O)=C(O)[C@@H](N(C)C)C3C(O)C21. The highest BCUT2D eigenvalue weighted by molar-refractivity contribution is 6.25. The minimum absolute atomic E-state index is 0.0236. The molecule has 0 aromatic heterocycles. The van der Waals surface area contributed by atoms with Crippen molar-refractivity contribution >= 4 is 29.1 Å². The summed E-state index contributed by atoms with van der Waals surface area (Å²) in [5.74, 6) is -10.0. The average molecular weight is 611 g/mol. The van der Waals surface area contributed by atoms with E-state index in [1.807, 2.05) is 0 Å². The molecule has 0 saturated heterocycles. The third kappa shape index (κ3) is 4.13. The summed E-state index contributed by atoms with van der Waals surface area (Å²) >= 11 is 0. The van der Waals surface area contributed by atoms with E-state index in [0.29, 0.717) is 17.6 Å². The maximum atomic E-state index is 14.1. The van der Waals surface area contributed by atoms with Crippen molar-refractivity contribution in [3.05, 3.63) is 45.9 Å². The van der Waals surface area contributed by atoms with Gasteiger partial charge in [-0.05, 0) is 64.3 Å². The van der Waals surface area contributed by atoms with Crippen molar-refractivity contribution in [1.82, 2.24) is 9.80 Å². The zero-order chi connectivity index (χ0) is 32.2. The average Bonchev–Trinajstić information content (AvgIpc) is 3.88. The van der Waals surface area contributed by atoms with Crippen LogP contribution in [-0.4, -0.2) is 109 Å². The van der Waals surface area contributed by atoms with Gasteiger partial charge >= 0.3 is 0 Å². The third-order valence-electron chi connectivity index (χ3n) is 10.2. The van der Waals surface area contributed by atoms with Gasteiger partial charge in [0, 0.05) is 23.6 Å². The fourth-order valence-corrected chi connectivity index (χ4v) is 7.77. The third-order valence-corrected chi connectivity index (χ3v) is 10.2. The van der Waals surface area contributed by atoms with Gasteiger partial charge in [-0.1, -0.05) is 13.0 Å². The molecule has 1 aromatic rings. The molecule has 0 aliphatic heterocycles. The number of phenols is 1. The van der Waals surface area contributed by atoms with Crippen molar-refractivity contribution in [1.29, 1.82) is 0 Å². The lowest BCUT2D eigenvalue weighted by molar-refractivity contribution is -0.162. The van der Waals surface area contributed by atoms with Gasteiger partial charge in [-0.15, -0.1) is 0 Å². The number of Topliss-reactive ketones (excluding diaryl/α,β-unsaturated/α-hetero) is 2. The number of phenolic OH excluding ortho intramolecular Hbond substituents is 1. The molecule has 5 unspecified atom stereocenters. The predicted molar refractivity (Wildman–Crippen MR) is 156 cm³/mol. The molecule has 0 spiro atoms. The summed E-state index contributed by atoms with van der Waals surface area (Å²) in [7, 11) is 2.96. The molecule has 2 saturated carbocycles. The van der Waals surface area contributed by atoms with Crippen molar-refractivity contribution in [2.24, 2.45) is 17.6 Å². The van der Waals surface area contributed by atoms with Gasteiger partial charge in [-0.2, -0.15) is 0 Å². The summed E-state index contributed by atoms with van der Waals surface area (Å²) in [5, 5.41) is 60.1. The molecule has 0 bridgehead atoms. The lowest BCUT2D eigenvalue weighted by atomic mass is 9.55. The number of anilines is 1. The number of hydrogen-bond donors (Lipinski definition) is 7. The van der Waals surface area contributed by atoms with E-state index in [-0.39, 0.29) is 17.2 Å². The zero-order valence-electron chi connectivity index (χ0n) is 24.9. The van der Waals surface area contributed by atoms with Crippen LogP contribution in [0.4, 0.5) is 5.69 Å². The Kier molecular flexibility index (Phi) is 6.96. The molecule has 5 aliphatic carbocycles. The number of hydrogen-bond acceptors (Lipinski definition) is 11. The fraction of sp³-hybridized carbons (Fsp3) is 0.548. The number of ketones is 2. The van der Waals surface area contributed by atoms with Gasteiger partial charge in [0.25, 0.3) is 5.91 Å². The number of amides is 2. The molecule has 13 nitrogen and oxygen atoms in total. The van der Waals surface area contributed by atoms with E-state index in [9.17, 15) is 44.7 Å². The zero-order valence-corrected chi connectivity index (χ0v) is 24.9. The lowest BCUT2D eigenvalue weighted by Crippen LogP contribution is -2.68. The Morgan fingerprint density at radius 3 is 2.18 bits per heavy atom. The van der Waals surface area contributed by atoms with E-state index in [4.69, 9.17) is 5.73 Å². The van der Waals surface area contributed by atoms with Gasteiger partial charge in [0.15, 0.2) is 17.1 Å². The number of aliphatic hydroxyl groups excluding tert-OH is 3. The quantitative estimate of drug-likeness (QED) is 0.168. The van der Waals surface area contributed by atoms with Crippen LogP contribution < -0.4 is 11.1 Å². The first-order valence-electron chi connectivity index (χ1n) is 14.9.